The third-order valence-electron chi connectivity index (χ3n) is 4.03. The van der Waals surface area contributed by atoms with Gasteiger partial charge in [0, 0.05) is 13.1 Å². The van der Waals surface area contributed by atoms with Crippen molar-refractivity contribution < 1.29 is 18.3 Å². The Kier molecular flexibility index (Phi) is 4.60. The van der Waals surface area contributed by atoms with Crippen LogP contribution in [-0.4, -0.2) is 28.9 Å². The lowest BCUT2D eigenvalue weighted by Gasteiger charge is -2.29. The summed E-state index contributed by atoms with van der Waals surface area (Å²) in [7, 11) is 0. The molecular weight excluding hydrogens is 299 g/mol. The first kappa shape index (κ1) is 15.5. The molecule has 6 heteroatoms. The lowest BCUT2D eigenvalue weighted by atomic mass is 9.99. The fourth-order valence-corrected chi connectivity index (χ4v) is 2.55. The minimum absolute atomic E-state index is 0.0226. The fraction of sp³-hybridized carbons (Fsp3) is 0.412. The minimum atomic E-state index is -0.446. The number of hydrogen-bond donors (Lipinski definition) is 0. The molecule has 1 amide bonds. The molecule has 1 saturated heterocycles. The van der Waals surface area contributed by atoms with Gasteiger partial charge >= 0.3 is 0 Å². The molecule has 1 fully saturated rings. The van der Waals surface area contributed by atoms with E-state index in [4.69, 9.17) is 9.15 Å². The van der Waals surface area contributed by atoms with Crippen molar-refractivity contribution in [2.45, 2.75) is 26.4 Å². The molecule has 0 bridgehead atoms. The van der Waals surface area contributed by atoms with Crippen LogP contribution in [0, 0.1) is 11.7 Å². The zero-order valence-electron chi connectivity index (χ0n) is 13.0. The monoisotopic (exact) mass is 318 g/mol. The van der Waals surface area contributed by atoms with Gasteiger partial charge in [0.15, 0.2) is 23.9 Å². The summed E-state index contributed by atoms with van der Waals surface area (Å²) in [5, 5.41) is 0. The highest BCUT2D eigenvalue weighted by atomic mass is 19.1. The molecule has 122 valence electrons. The molecule has 1 aliphatic rings. The quantitative estimate of drug-likeness (QED) is 0.868. The van der Waals surface area contributed by atoms with E-state index in [1.54, 1.807) is 17.0 Å². The van der Waals surface area contributed by atoms with Gasteiger partial charge in [0.05, 0.1) is 0 Å². The Morgan fingerprint density at radius 1 is 1.39 bits per heavy atom. The molecule has 1 aromatic carbocycles. The van der Waals surface area contributed by atoms with Gasteiger partial charge in [0.1, 0.15) is 6.26 Å². The van der Waals surface area contributed by atoms with Gasteiger partial charge in [-0.1, -0.05) is 19.1 Å². The number of piperidine rings is 1. The molecule has 0 N–H and O–H groups in total. The van der Waals surface area contributed by atoms with Crippen LogP contribution in [0.4, 0.5) is 4.39 Å². The van der Waals surface area contributed by atoms with Gasteiger partial charge < -0.3 is 14.1 Å². The third kappa shape index (κ3) is 3.70. The number of carbonyl (C=O) groups excluding carboxylic acids is 1. The van der Waals surface area contributed by atoms with Gasteiger partial charge in [-0.25, -0.2) is 9.37 Å². The second kappa shape index (κ2) is 6.81. The standard InChI is InChI=1S/C17H19FN2O3/c1-12-6-8-20(9-7-12)17(21)14-10-23-16(19-14)11-22-15-5-3-2-4-13(15)18/h2-5,10,12H,6-9,11H2,1H3. The smallest absolute Gasteiger partial charge is 0.275 e. The van der Waals surface area contributed by atoms with Crippen LogP contribution < -0.4 is 4.74 Å². The number of para-hydroxylation sites is 1. The molecule has 2 heterocycles. The number of halogens is 1. The second-order valence-corrected chi connectivity index (χ2v) is 5.82. The van der Waals surface area contributed by atoms with Gasteiger partial charge in [-0.15, -0.1) is 0 Å². The molecular formula is C17H19FN2O3. The van der Waals surface area contributed by atoms with Crippen LogP contribution >= 0.6 is 0 Å². The SMILES string of the molecule is CC1CCN(C(=O)c2coc(COc3ccccc3F)n2)CC1. The molecule has 0 radical (unpaired) electrons. The Bertz CT molecular complexity index is 678. The second-order valence-electron chi connectivity index (χ2n) is 5.82. The summed E-state index contributed by atoms with van der Waals surface area (Å²) in [6, 6.07) is 6.11. The Morgan fingerprint density at radius 3 is 2.87 bits per heavy atom. The number of rotatable bonds is 4. The number of amides is 1. The predicted octanol–water partition coefficient (Wildman–Crippen LogP) is 3.26. The van der Waals surface area contributed by atoms with E-state index in [0.29, 0.717) is 5.92 Å². The van der Waals surface area contributed by atoms with Crippen LogP contribution in [-0.2, 0) is 6.61 Å². The largest absolute Gasteiger partial charge is 0.481 e. The number of nitrogens with zero attached hydrogens (tertiary/aromatic N) is 2. The van der Waals surface area contributed by atoms with Gasteiger partial charge in [-0.05, 0) is 30.9 Å². The van der Waals surface area contributed by atoms with Crippen molar-refractivity contribution in [3.8, 4) is 5.75 Å². The number of ether oxygens (including phenoxy) is 1. The van der Waals surface area contributed by atoms with E-state index in [1.165, 1.54) is 18.4 Å². The third-order valence-corrected chi connectivity index (χ3v) is 4.03. The zero-order chi connectivity index (χ0) is 16.2. The van der Waals surface area contributed by atoms with Crippen molar-refractivity contribution in [1.82, 2.24) is 9.88 Å². The average molecular weight is 318 g/mol. The van der Waals surface area contributed by atoms with E-state index in [1.807, 2.05) is 0 Å². The fourth-order valence-electron chi connectivity index (χ4n) is 2.55. The number of benzene rings is 1. The molecule has 5 nitrogen and oxygen atoms in total. The maximum absolute atomic E-state index is 13.5. The first-order valence-electron chi connectivity index (χ1n) is 7.74. The van der Waals surface area contributed by atoms with Gasteiger partial charge in [0.25, 0.3) is 5.91 Å². The molecule has 0 atom stereocenters. The van der Waals surface area contributed by atoms with Crippen LogP contribution in [0.25, 0.3) is 0 Å². The van der Waals surface area contributed by atoms with Crippen LogP contribution in [0.15, 0.2) is 34.9 Å². The summed E-state index contributed by atoms with van der Waals surface area (Å²) in [4.78, 5) is 18.3. The normalized spacial score (nSPS) is 15.7. The topological polar surface area (TPSA) is 55.6 Å². The minimum Gasteiger partial charge on any atom is -0.481 e. The van der Waals surface area contributed by atoms with Crippen molar-refractivity contribution in [3.63, 3.8) is 0 Å². The highest BCUT2D eigenvalue weighted by Crippen LogP contribution is 2.19. The molecule has 0 saturated carbocycles. The molecule has 2 aromatic rings. The van der Waals surface area contributed by atoms with Crippen LogP contribution in [0.2, 0.25) is 0 Å². The summed E-state index contributed by atoms with van der Waals surface area (Å²) in [6.07, 6.45) is 3.35. The van der Waals surface area contributed by atoms with E-state index >= 15 is 0 Å². The maximum atomic E-state index is 13.5. The summed E-state index contributed by atoms with van der Waals surface area (Å²) in [6.45, 7) is 3.66. The first-order chi connectivity index (χ1) is 11.1. The average Bonchev–Trinajstić information content (AvgIpc) is 3.03. The van der Waals surface area contributed by atoms with Crippen molar-refractivity contribution in [3.05, 3.63) is 47.9 Å². The van der Waals surface area contributed by atoms with E-state index < -0.39 is 5.82 Å². The van der Waals surface area contributed by atoms with Crippen molar-refractivity contribution in [2.24, 2.45) is 5.92 Å². The van der Waals surface area contributed by atoms with Crippen LogP contribution in [0.3, 0.4) is 0 Å². The Balaban J connectivity index is 1.59. The molecule has 3 rings (SSSR count). The Morgan fingerprint density at radius 2 is 2.13 bits per heavy atom. The number of hydrogen-bond acceptors (Lipinski definition) is 4. The zero-order valence-corrected chi connectivity index (χ0v) is 13.0. The lowest BCUT2D eigenvalue weighted by Crippen LogP contribution is -2.38. The van der Waals surface area contributed by atoms with Gasteiger partial charge in [-0.2, -0.15) is 0 Å². The van der Waals surface area contributed by atoms with E-state index in [0.717, 1.165) is 25.9 Å². The van der Waals surface area contributed by atoms with Gasteiger partial charge in [-0.3, -0.25) is 4.79 Å². The van der Waals surface area contributed by atoms with E-state index in [9.17, 15) is 9.18 Å². The number of aromatic nitrogens is 1. The molecule has 1 aliphatic heterocycles. The summed E-state index contributed by atoms with van der Waals surface area (Å²) in [5.74, 6) is 0.460. The molecule has 1 aromatic heterocycles. The van der Waals surface area contributed by atoms with E-state index in [-0.39, 0.29) is 29.8 Å². The van der Waals surface area contributed by atoms with Crippen LogP contribution in [0.1, 0.15) is 36.1 Å². The van der Waals surface area contributed by atoms with Crippen molar-refractivity contribution in [1.29, 1.82) is 0 Å². The van der Waals surface area contributed by atoms with Crippen LogP contribution in [0.5, 0.6) is 5.75 Å². The summed E-state index contributed by atoms with van der Waals surface area (Å²) < 4.78 is 24.0. The highest BCUT2D eigenvalue weighted by Gasteiger charge is 2.23. The van der Waals surface area contributed by atoms with Gasteiger partial charge in [0.2, 0.25) is 5.89 Å². The number of oxazole rings is 1. The molecule has 0 spiro atoms. The Hall–Kier alpha value is -2.37. The van der Waals surface area contributed by atoms with Crippen molar-refractivity contribution >= 4 is 5.91 Å². The lowest BCUT2D eigenvalue weighted by molar-refractivity contribution is 0.0691. The van der Waals surface area contributed by atoms with E-state index in [2.05, 4.69) is 11.9 Å². The first-order valence-corrected chi connectivity index (χ1v) is 7.74. The molecule has 0 unspecified atom stereocenters. The maximum Gasteiger partial charge on any atom is 0.275 e. The Labute approximate surface area is 134 Å². The number of carbonyl (C=O) groups is 1. The predicted molar refractivity (Wildman–Crippen MR) is 81.5 cm³/mol. The number of likely N-dealkylation sites (tertiary alicyclic amines) is 1. The summed E-state index contributed by atoms with van der Waals surface area (Å²) in [5.41, 5.74) is 0.270. The molecule has 0 aliphatic carbocycles. The summed E-state index contributed by atoms with van der Waals surface area (Å²) >= 11 is 0. The highest BCUT2D eigenvalue weighted by molar-refractivity contribution is 5.92. The van der Waals surface area contributed by atoms with Crippen molar-refractivity contribution in [2.75, 3.05) is 13.1 Å². The molecule has 23 heavy (non-hydrogen) atoms.